The number of aromatic hydroxyl groups is 1. The molecule has 98 valence electrons. The van der Waals surface area contributed by atoms with Crippen molar-refractivity contribution in [2.45, 2.75) is 6.54 Å². The second kappa shape index (κ2) is 5.97. The lowest BCUT2D eigenvalue weighted by Gasteiger charge is -2.17. The Morgan fingerprint density at radius 1 is 1.17 bits per heavy atom. The van der Waals surface area contributed by atoms with Gasteiger partial charge in [-0.2, -0.15) is 0 Å². The quantitative estimate of drug-likeness (QED) is 0.686. The molecule has 0 aliphatic rings. The predicted octanol–water partition coefficient (Wildman–Crippen LogP) is 0.502. The lowest BCUT2D eigenvalue weighted by molar-refractivity contribution is -0.142. The number of phenols is 1. The van der Waals surface area contributed by atoms with Crippen LogP contribution in [-0.4, -0.2) is 45.2 Å². The molecule has 0 atom stereocenters. The van der Waals surface area contributed by atoms with E-state index in [-0.39, 0.29) is 6.54 Å². The molecule has 0 aromatic heterocycles. The fraction of sp³-hybridized carbons (Fsp3) is 0.273. The molecule has 1 aromatic carbocycles. The van der Waals surface area contributed by atoms with Gasteiger partial charge in [0.2, 0.25) is 0 Å². The Balaban J connectivity index is 2.77. The number of hydrogen-bond acceptors (Lipinski definition) is 4. The zero-order valence-electron chi connectivity index (χ0n) is 9.34. The summed E-state index contributed by atoms with van der Waals surface area (Å²) in [7, 11) is 0. The largest absolute Gasteiger partial charge is 0.505 e. The number of hydrogen-bond donors (Lipinski definition) is 3. The first kappa shape index (κ1) is 13.9. The lowest BCUT2D eigenvalue weighted by Crippen LogP contribution is -2.33. The molecule has 0 heterocycles. The topological polar surface area (TPSA) is 98.1 Å². The summed E-state index contributed by atoms with van der Waals surface area (Å²) in [5, 5.41) is 26.2. The number of halogens is 1. The van der Waals surface area contributed by atoms with Gasteiger partial charge >= 0.3 is 11.9 Å². The van der Waals surface area contributed by atoms with Gasteiger partial charge in [0.05, 0.1) is 13.1 Å². The third-order valence-electron chi connectivity index (χ3n) is 2.14. The molecular formula is C11H12FNO5. The van der Waals surface area contributed by atoms with E-state index in [0.717, 1.165) is 17.0 Å². The van der Waals surface area contributed by atoms with Crippen molar-refractivity contribution >= 4 is 11.9 Å². The van der Waals surface area contributed by atoms with Gasteiger partial charge in [-0.05, 0) is 17.7 Å². The number of benzene rings is 1. The van der Waals surface area contributed by atoms with Crippen LogP contribution < -0.4 is 0 Å². The van der Waals surface area contributed by atoms with Crippen LogP contribution in [0.15, 0.2) is 18.2 Å². The maximum Gasteiger partial charge on any atom is 0.317 e. The summed E-state index contributed by atoms with van der Waals surface area (Å²) >= 11 is 0. The van der Waals surface area contributed by atoms with E-state index < -0.39 is 36.6 Å². The van der Waals surface area contributed by atoms with Crippen molar-refractivity contribution in [1.29, 1.82) is 0 Å². The Morgan fingerprint density at radius 2 is 1.72 bits per heavy atom. The smallest absolute Gasteiger partial charge is 0.317 e. The third-order valence-corrected chi connectivity index (χ3v) is 2.14. The summed E-state index contributed by atoms with van der Waals surface area (Å²) in [6.45, 7) is -0.959. The van der Waals surface area contributed by atoms with Crippen molar-refractivity contribution in [3.8, 4) is 5.75 Å². The second-order valence-corrected chi connectivity index (χ2v) is 3.72. The van der Waals surface area contributed by atoms with Crippen LogP contribution in [0.2, 0.25) is 0 Å². The number of aliphatic carboxylic acids is 2. The van der Waals surface area contributed by atoms with E-state index in [1.165, 1.54) is 6.07 Å². The van der Waals surface area contributed by atoms with Crippen LogP contribution in [0.5, 0.6) is 5.75 Å². The van der Waals surface area contributed by atoms with Gasteiger partial charge in [-0.1, -0.05) is 6.07 Å². The molecule has 18 heavy (non-hydrogen) atoms. The van der Waals surface area contributed by atoms with E-state index in [1.54, 1.807) is 0 Å². The highest BCUT2D eigenvalue weighted by molar-refractivity contribution is 5.72. The molecule has 3 N–H and O–H groups in total. The highest BCUT2D eigenvalue weighted by Crippen LogP contribution is 2.17. The van der Waals surface area contributed by atoms with E-state index in [1.807, 2.05) is 0 Å². The van der Waals surface area contributed by atoms with Crippen molar-refractivity contribution in [1.82, 2.24) is 4.90 Å². The van der Waals surface area contributed by atoms with Gasteiger partial charge in [0, 0.05) is 6.54 Å². The highest BCUT2D eigenvalue weighted by atomic mass is 19.1. The van der Waals surface area contributed by atoms with Crippen LogP contribution in [0, 0.1) is 5.82 Å². The zero-order chi connectivity index (χ0) is 13.7. The molecular weight excluding hydrogens is 245 g/mol. The summed E-state index contributed by atoms with van der Waals surface area (Å²) in [5.41, 5.74) is 0.382. The average molecular weight is 257 g/mol. The first-order chi connectivity index (χ1) is 8.38. The van der Waals surface area contributed by atoms with Crippen LogP contribution in [0.4, 0.5) is 4.39 Å². The van der Waals surface area contributed by atoms with Crippen LogP contribution in [0.1, 0.15) is 5.56 Å². The van der Waals surface area contributed by atoms with Gasteiger partial charge in [0.15, 0.2) is 11.6 Å². The molecule has 1 rings (SSSR count). The van der Waals surface area contributed by atoms with E-state index in [4.69, 9.17) is 15.3 Å². The molecule has 0 bridgehead atoms. The van der Waals surface area contributed by atoms with E-state index in [0.29, 0.717) is 5.56 Å². The molecule has 0 unspecified atom stereocenters. The number of carbonyl (C=O) groups is 2. The molecule has 0 saturated carbocycles. The van der Waals surface area contributed by atoms with Crippen molar-refractivity contribution in [3.63, 3.8) is 0 Å². The summed E-state index contributed by atoms with van der Waals surface area (Å²) < 4.78 is 13.1. The van der Waals surface area contributed by atoms with Gasteiger partial charge < -0.3 is 15.3 Å². The molecule has 1 aromatic rings. The minimum Gasteiger partial charge on any atom is -0.505 e. The molecule has 0 amide bonds. The third kappa shape index (κ3) is 4.38. The lowest BCUT2D eigenvalue weighted by atomic mass is 10.2. The predicted molar refractivity (Wildman–Crippen MR) is 58.6 cm³/mol. The Kier molecular flexibility index (Phi) is 4.61. The van der Waals surface area contributed by atoms with Gasteiger partial charge in [-0.15, -0.1) is 0 Å². The first-order valence-electron chi connectivity index (χ1n) is 5.02. The van der Waals surface area contributed by atoms with E-state index in [9.17, 15) is 14.0 Å². The normalized spacial score (nSPS) is 10.6. The van der Waals surface area contributed by atoms with Gasteiger partial charge in [0.25, 0.3) is 0 Å². The number of nitrogens with zero attached hydrogens (tertiary/aromatic N) is 1. The Bertz CT molecular complexity index is 447. The molecule has 0 fully saturated rings. The average Bonchev–Trinajstić information content (AvgIpc) is 2.21. The number of carboxylic acids is 2. The van der Waals surface area contributed by atoms with E-state index in [2.05, 4.69) is 0 Å². The zero-order valence-corrected chi connectivity index (χ0v) is 9.34. The van der Waals surface area contributed by atoms with Crippen molar-refractivity contribution in [2.75, 3.05) is 13.1 Å². The van der Waals surface area contributed by atoms with Gasteiger partial charge in [0.1, 0.15) is 0 Å². The fourth-order valence-electron chi connectivity index (χ4n) is 1.46. The van der Waals surface area contributed by atoms with Crippen molar-refractivity contribution in [2.24, 2.45) is 0 Å². The Labute approximate surface area is 102 Å². The molecule has 0 aliphatic carbocycles. The van der Waals surface area contributed by atoms with Crippen molar-refractivity contribution < 1.29 is 29.3 Å². The maximum absolute atomic E-state index is 13.1. The molecule has 0 saturated heterocycles. The van der Waals surface area contributed by atoms with E-state index >= 15 is 0 Å². The van der Waals surface area contributed by atoms with Gasteiger partial charge in [-0.3, -0.25) is 14.5 Å². The Hall–Kier alpha value is -2.15. The number of carboxylic acid groups (broad SMARTS) is 2. The summed E-state index contributed by atoms with van der Waals surface area (Å²) in [6, 6.07) is 3.56. The summed E-state index contributed by atoms with van der Waals surface area (Å²) in [6.07, 6.45) is 0. The summed E-state index contributed by atoms with van der Waals surface area (Å²) in [5.74, 6) is -3.69. The van der Waals surface area contributed by atoms with Crippen LogP contribution in [-0.2, 0) is 16.1 Å². The minimum atomic E-state index is -1.17. The Morgan fingerprint density at radius 3 is 2.17 bits per heavy atom. The monoisotopic (exact) mass is 257 g/mol. The van der Waals surface area contributed by atoms with Crippen LogP contribution in [0.25, 0.3) is 0 Å². The standard InChI is InChI=1S/C11H12FNO5/c12-8-3-7(1-2-9(8)14)4-13(5-10(15)16)6-11(17)18/h1-3,14H,4-6H2,(H,15,16)(H,17,18). The summed E-state index contributed by atoms with van der Waals surface area (Å²) in [4.78, 5) is 22.2. The van der Waals surface area contributed by atoms with Crippen LogP contribution in [0.3, 0.4) is 0 Å². The fourth-order valence-corrected chi connectivity index (χ4v) is 1.46. The van der Waals surface area contributed by atoms with Gasteiger partial charge in [-0.25, -0.2) is 4.39 Å². The van der Waals surface area contributed by atoms with Crippen molar-refractivity contribution in [3.05, 3.63) is 29.6 Å². The minimum absolute atomic E-state index is 0.0319. The number of rotatable bonds is 6. The number of phenolic OH excluding ortho intramolecular Hbond substituents is 1. The highest BCUT2D eigenvalue weighted by Gasteiger charge is 2.14. The second-order valence-electron chi connectivity index (χ2n) is 3.72. The molecule has 0 spiro atoms. The molecule has 0 radical (unpaired) electrons. The molecule has 6 nitrogen and oxygen atoms in total. The maximum atomic E-state index is 13.1. The van der Waals surface area contributed by atoms with Crippen LogP contribution >= 0.6 is 0 Å². The SMILES string of the molecule is O=C(O)CN(CC(=O)O)Cc1ccc(O)c(F)c1. The molecule has 0 aliphatic heterocycles. The first-order valence-corrected chi connectivity index (χ1v) is 5.02. The molecule has 7 heteroatoms.